The second-order valence-corrected chi connectivity index (χ2v) is 5.96. The Labute approximate surface area is 140 Å². The molecule has 1 aliphatic rings. The van der Waals surface area contributed by atoms with Gasteiger partial charge >= 0.3 is 11.8 Å². The monoisotopic (exact) mass is 324 g/mol. The van der Waals surface area contributed by atoms with Crippen molar-refractivity contribution in [2.24, 2.45) is 0 Å². The number of carbonyl (C=O) groups is 2. The third-order valence-electron chi connectivity index (χ3n) is 4.27. The molecule has 0 bridgehead atoms. The maximum Gasteiger partial charge on any atom is 0.316 e. The Hall–Kier alpha value is -2.66. The second kappa shape index (κ2) is 6.84. The van der Waals surface area contributed by atoms with Crippen molar-refractivity contribution in [3.05, 3.63) is 65.2 Å². The van der Waals surface area contributed by atoms with Crippen LogP contribution in [0.4, 0.5) is 5.69 Å². The average Bonchev–Trinajstić information content (AvgIpc) is 3.02. The fourth-order valence-corrected chi connectivity index (χ4v) is 2.96. The molecule has 1 unspecified atom stereocenters. The standard InChI is InChI=1S/C19H20N2O3/c1-13-7-8-15-9-10-21(17(15)11-13)19(24)18(23)20-16(12-22)14-5-3-2-4-6-14/h2-8,11,16,22H,9-10,12H2,1H3,(H,20,23). The zero-order valence-electron chi connectivity index (χ0n) is 13.5. The highest BCUT2D eigenvalue weighted by Crippen LogP contribution is 2.29. The highest BCUT2D eigenvalue weighted by Gasteiger charge is 2.30. The molecule has 1 heterocycles. The van der Waals surface area contributed by atoms with Crippen LogP contribution in [0.3, 0.4) is 0 Å². The van der Waals surface area contributed by atoms with Gasteiger partial charge in [0.25, 0.3) is 0 Å². The van der Waals surface area contributed by atoms with Crippen molar-refractivity contribution in [3.63, 3.8) is 0 Å². The quantitative estimate of drug-likeness (QED) is 0.845. The van der Waals surface area contributed by atoms with Gasteiger partial charge in [-0.05, 0) is 36.1 Å². The molecular formula is C19H20N2O3. The summed E-state index contributed by atoms with van der Waals surface area (Å²) in [5, 5.41) is 12.2. The summed E-state index contributed by atoms with van der Waals surface area (Å²) >= 11 is 0. The lowest BCUT2D eigenvalue weighted by Crippen LogP contribution is -2.44. The summed E-state index contributed by atoms with van der Waals surface area (Å²) in [6.45, 7) is 2.19. The van der Waals surface area contributed by atoms with Crippen molar-refractivity contribution >= 4 is 17.5 Å². The van der Waals surface area contributed by atoms with Gasteiger partial charge in [-0.25, -0.2) is 0 Å². The third kappa shape index (κ3) is 3.16. The van der Waals surface area contributed by atoms with E-state index in [2.05, 4.69) is 5.32 Å². The molecule has 24 heavy (non-hydrogen) atoms. The van der Waals surface area contributed by atoms with Gasteiger partial charge in [-0.1, -0.05) is 42.5 Å². The van der Waals surface area contributed by atoms with Crippen molar-refractivity contribution in [2.45, 2.75) is 19.4 Å². The summed E-state index contributed by atoms with van der Waals surface area (Å²) in [5.74, 6) is -1.29. The first kappa shape index (κ1) is 16.2. The Morgan fingerprint density at radius 3 is 2.67 bits per heavy atom. The van der Waals surface area contributed by atoms with Gasteiger partial charge in [-0.3, -0.25) is 9.59 Å². The van der Waals surface area contributed by atoms with E-state index in [1.54, 1.807) is 12.1 Å². The van der Waals surface area contributed by atoms with Crippen LogP contribution in [-0.4, -0.2) is 30.1 Å². The number of hydrogen-bond acceptors (Lipinski definition) is 3. The van der Waals surface area contributed by atoms with E-state index in [1.165, 1.54) is 4.90 Å². The topological polar surface area (TPSA) is 69.6 Å². The number of nitrogens with one attached hydrogen (secondary N) is 1. The molecule has 2 amide bonds. The van der Waals surface area contributed by atoms with Gasteiger partial charge in [0.15, 0.2) is 0 Å². The Morgan fingerprint density at radius 1 is 1.21 bits per heavy atom. The molecule has 0 aromatic heterocycles. The molecule has 5 nitrogen and oxygen atoms in total. The fraction of sp³-hybridized carbons (Fsp3) is 0.263. The van der Waals surface area contributed by atoms with Crippen LogP contribution in [0, 0.1) is 6.92 Å². The number of carbonyl (C=O) groups excluding carboxylic acids is 2. The predicted octanol–water partition coefficient (Wildman–Crippen LogP) is 1.73. The summed E-state index contributed by atoms with van der Waals surface area (Å²) in [6, 6.07) is 14.4. The number of aliphatic hydroxyl groups excluding tert-OH is 1. The van der Waals surface area contributed by atoms with Gasteiger partial charge in [-0.2, -0.15) is 0 Å². The fourth-order valence-electron chi connectivity index (χ4n) is 2.96. The van der Waals surface area contributed by atoms with Crippen LogP contribution in [0.15, 0.2) is 48.5 Å². The first-order chi connectivity index (χ1) is 11.6. The van der Waals surface area contributed by atoms with E-state index < -0.39 is 17.9 Å². The SMILES string of the molecule is Cc1ccc2c(c1)N(C(=O)C(=O)NC(CO)c1ccccc1)CC2. The number of fused-ring (bicyclic) bond motifs is 1. The molecule has 124 valence electrons. The van der Waals surface area contributed by atoms with Crippen molar-refractivity contribution in [2.75, 3.05) is 18.1 Å². The summed E-state index contributed by atoms with van der Waals surface area (Å²) < 4.78 is 0. The summed E-state index contributed by atoms with van der Waals surface area (Å²) in [6.07, 6.45) is 0.747. The predicted molar refractivity (Wildman–Crippen MR) is 91.6 cm³/mol. The Bertz CT molecular complexity index is 758. The van der Waals surface area contributed by atoms with E-state index >= 15 is 0 Å². The Kier molecular flexibility index (Phi) is 4.62. The number of amides is 2. The van der Waals surface area contributed by atoms with Crippen LogP contribution in [0.2, 0.25) is 0 Å². The average molecular weight is 324 g/mol. The summed E-state index contributed by atoms with van der Waals surface area (Å²) in [5.41, 5.74) is 3.68. The van der Waals surface area contributed by atoms with E-state index in [0.29, 0.717) is 6.54 Å². The molecule has 2 N–H and O–H groups in total. The molecule has 0 spiro atoms. The number of benzene rings is 2. The third-order valence-corrected chi connectivity index (χ3v) is 4.27. The lowest BCUT2D eigenvalue weighted by molar-refractivity contribution is -0.138. The number of anilines is 1. The summed E-state index contributed by atoms with van der Waals surface area (Å²) in [4.78, 5) is 26.4. The van der Waals surface area contributed by atoms with Gasteiger partial charge in [0, 0.05) is 12.2 Å². The van der Waals surface area contributed by atoms with Gasteiger partial charge in [-0.15, -0.1) is 0 Å². The van der Waals surface area contributed by atoms with Crippen LogP contribution < -0.4 is 10.2 Å². The van der Waals surface area contributed by atoms with Crippen LogP contribution in [-0.2, 0) is 16.0 Å². The largest absolute Gasteiger partial charge is 0.394 e. The first-order valence-corrected chi connectivity index (χ1v) is 7.98. The minimum Gasteiger partial charge on any atom is -0.394 e. The Balaban J connectivity index is 1.74. The van der Waals surface area contributed by atoms with Crippen LogP contribution in [0.5, 0.6) is 0 Å². The van der Waals surface area contributed by atoms with Crippen molar-refractivity contribution in [1.82, 2.24) is 5.32 Å². The van der Waals surface area contributed by atoms with Crippen LogP contribution in [0.25, 0.3) is 0 Å². The van der Waals surface area contributed by atoms with E-state index in [4.69, 9.17) is 0 Å². The number of hydrogen-bond donors (Lipinski definition) is 2. The Morgan fingerprint density at radius 2 is 1.96 bits per heavy atom. The minimum absolute atomic E-state index is 0.265. The molecule has 5 heteroatoms. The first-order valence-electron chi connectivity index (χ1n) is 7.98. The molecule has 0 radical (unpaired) electrons. The molecule has 0 aliphatic carbocycles. The normalized spacial score (nSPS) is 14.2. The molecule has 2 aromatic rings. The molecule has 0 fully saturated rings. The number of aliphatic hydroxyl groups is 1. The lowest BCUT2D eigenvalue weighted by Gasteiger charge is -2.20. The molecule has 0 saturated heterocycles. The highest BCUT2D eigenvalue weighted by atomic mass is 16.3. The van der Waals surface area contributed by atoms with E-state index in [-0.39, 0.29) is 6.61 Å². The van der Waals surface area contributed by atoms with Gasteiger partial charge in [0.2, 0.25) is 0 Å². The van der Waals surface area contributed by atoms with E-state index in [9.17, 15) is 14.7 Å². The van der Waals surface area contributed by atoms with Gasteiger partial charge in [0.1, 0.15) is 0 Å². The molecule has 3 rings (SSSR count). The molecular weight excluding hydrogens is 304 g/mol. The van der Waals surface area contributed by atoms with E-state index in [0.717, 1.165) is 28.8 Å². The number of aryl methyl sites for hydroxylation is 1. The van der Waals surface area contributed by atoms with Crippen LogP contribution in [0.1, 0.15) is 22.7 Å². The molecule has 2 aromatic carbocycles. The number of nitrogens with zero attached hydrogens (tertiary/aromatic N) is 1. The highest BCUT2D eigenvalue weighted by molar-refractivity contribution is 6.40. The zero-order chi connectivity index (χ0) is 17.1. The van der Waals surface area contributed by atoms with Crippen LogP contribution >= 0.6 is 0 Å². The minimum atomic E-state index is -0.702. The lowest BCUT2D eigenvalue weighted by atomic mass is 10.1. The van der Waals surface area contributed by atoms with E-state index in [1.807, 2.05) is 43.3 Å². The maximum atomic E-state index is 12.5. The molecule has 1 atom stereocenters. The van der Waals surface area contributed by atoms with Crippen molar-refractivity contribution in [3.8, 4) is 0 Å². The van der Waals surface area contributed by atoms with Gasteiger partial charge < -0.3 is 15.3 Å². The smallest absolute Gasteiger partial charge is 0.316 e. The van der Waals surface area contributed by atoms with Crippen molar-refractivity contribution in [1.29, 1.82) is 0 Å². The summed E-state index contributed by atoms with van der Waals surface area (Å²) in [7, 11) is 0. The maximum absolute atomic E-state index is 12.5. The van der Waals surface area contributed by atoms with Gasteiger partial charge in [0.05, 0.1) is 12.6 Å². The zero-order valence-corrected chi connectivity index (χ0v) is 13.5. The molecule has 1 aliphatic heterocycles. The van der Waals surface area contributed by atoms with Crippen molar-refractivity contribution < 1.29 is 14.7 Å². The number of rotatable bonds is 3. The second-order valence-electron chi connectivity index (χ2n) is 5.96. The molecule has 0 saturated carbocycles.